The molecule has 1 aromatic rings. The fraction of sp³-hybridized carbons (Fsp3) is 0.462. The summed E-state index contributed by atoms with van der Waals surface area (Å²) in [7, 11) is 0. The van der Waals surface area contributed by atoms with Crippen LogP contribution in [0.15, 0.2) is 24.3 Å². The Balaban J connectivity index is 2.42. The minimum absolute atomic E-state index is 0.0745. The lowest BCUT2D eigenvalue weighted by Crippen LogP contribution is -2.42. The first-order chi connectivity index (χ1) is 7.24. The molecule has 2 heteroatoms. The second-order valence-electron chi connectivity index (χ2n) is 4.24. The minimum atomic E-state index is 0.0745. The van der Waals surface area contributed by atoms with Crippen molar-refractivity contribution in [2.24, 2.45) is 0 Å². The molecule has 15 heavy (non-hydrogen) atoms. The van der Waals surface area contributed by atoms with Crippen LogP contribution in [0.3, 0.4) is 0 Å². The SMILES string of the molecule is CCCC1c2ccccc2C(=O)NC1C. The highest BCUT2D eigenvalue weighted by molar-refractivity contribution is 5.97. The predicted molar refractivity (Wildman–Crippen MR) is 61.0 cm³/mol. The number of amides is 1. The van der Waals surface area contributed by atoms with E-state index in [0.717, 1.165) is 18.4 Å². The molecule has 1 heterocycles. The van der Waals surface area contributed by atoms with Crippen molar-refractivity contribution in [3.05, 3.63) is 35.4 Å². The first kappa shape index (κ1) is 10.2. The molecule has 0 radical (unpaired) electrons. The Labute approximate surface area is 90.7 Å². The summed E-state index contributed by atoms with van der Waals surface area (Å²) in [6.07, 6.45) is 2.29. The Morgan fingerprint density at radius 2 is 2.07 bits per heavy atom. The van der Waals surface area contributed by atoms with E-state index < -0.39 is 0 Å². The fourth-order valence-corrected chi connectivity index (χ4v) is 2.40. The highest BCUT2D eigenvalue weighted by Crippen LogP contribution is 2.31. The lowest BCUT2D eigenvalue weighted by molar-refractivity contribution is 0.0918. The van der Waals surface area contributed by atoms with Gasteiger partial charge in [0.05, 0.1) is 0 Å². The molecule has 0 saturated carbocycles. The quantitative estimate of drug-likeness (QED) is 0.786. The van der Waals surface area contributed by atoms with Crippen LogP contribution in [-0.2, 0) is 0 Å². The normalized spacial score (nSPS) is 24.5. The second-order valence-corrected chi connectivity index (χ2v) is 4.24. The standard InChI is InChI=1S/C13H17NO/c1-3-6-10-9(2)14-13(15)12-8-5-4-7-11(10)12/h4-5,7-10H,3,6H2,1-2H3,(H,14,15). The first-order valence-corrected chi connectivity index (χ1v) is 5.63. The molecule has 1 aromatic carbocycles. The van der Waals surface area contributed by atoms with E-state index in [2.05, 4.69) is 25.2 Å². The van der Waals surface area contributed by atoms with Crippen molar-refractivity contribution < 1.29 is 4.79 Å². The number of hydrogen-bond donors (Lipinski definition) is 1. The van der Waals surface area contributed by atoms with Gasteiger partial charge in [-0.15, -0.1) is 0 Å². The van der Waals surface area contributed by atoms with Crippen LogP contribution in [-0.4, -0.2) is 11.9 Å². The number of fused-ring (bicyclic) bond motifs is 1. The van der Waals surface area contributed by atoms with Gasteiger partial charge in [0.15, 0.2) is 0 Å². The van der Waals surface area contributed by atoms with Crippen LogP contribution in [0.25, 0.3) is 0 Å². The van der Waals surface area contributed by atoms with E-state index in [1.807, 2.05) is 18.2 Å². The average Bonchev–Trinajstić information content (AvgIpc) is 2.24. The summed E-state index contributed by atoms with van der Waals surface area (Å²) in [4.78, 5) is 11.7. The molecule has 2 atom stereocenters. The van der Waals surface area contributed by atoms with Crippen molar-refractivity contribution in [2.75, 3.05) is 0 Å². The maximum atomic E-state index is 11.7. The van der Waals surface area contributed by atoms with E-state index in [9.17, 15) is 4.79 Å². The van der Waals surface area contributed by atoms with Gasteiger partial charge in [-0.25, -0.2) is 0 Å². The molecule has 2 nitrogen and oxygen atoms in total. The van der Waals surface area contributed by atoms with Crippen LogP contribution in [0.4, 0.5) is 0 Å². The molecule has 2 unspecified atom stereocenters. The zero-order chi connectivity index (χ0) is 10.8. The molecule has 0 fully saturated rings. The van der Waals surface area contributed by atoms with Gasteiger partial charge in [-0.1, -0.05) is 31.5 Å². The molecule has 1 N–H and O–H groups in total. The number of carbonyl (C=O) groups is 1. The maximum Gasteiger partial charge on any atom is 0.251 e. The highest BCUT2D eigenvalue weighted by atomic mass is 16.1. The van der Waals surface area contributed by atoms with Gasteiger partial charge in [-0.2, -0.15) is 0 Å². The summed E-state index contributed by atoms with van der Waals surface area (Å²) in [6.45, 7) is 4.28. The van der Waals surface area contributed by atoms with E-state index >= 15 is 0 Å². The summed E-state index contributed by atoms with van der Waals surface area (Å²) >= 11 is 0. The van der Waals surface area contributed by atoms with Gasteiger partial charge >= 0.3 is 0 Å². The average molecular weight is 203 g/mol. The van der Waals surface area contributed by atoms with Gasteiger partial charge in [0.25, 0.3) is 5.91 Å². The first-order valence-electron chi connectivity index (χ1n) is 5.63. The Morgan fingerprint density at radius 3 is 2.80 bits per heavy atom. The predicted octanol–water partition coefficient (Wildman–Crippen LogP) is 2.70. The Bertz CT molecular complexity index is 373. The van der Waals surface area contributed by atoms with Gasteiger partial charge in [0.1, 0.15) is 0 Å². The number of benzene rings is 1. The fourth-order valence-electron chi connectivity index (χ4n) is 2.40. The Morgan fingerprint density at radius 1 is 1.33 bits per heavy atom. The van der Waals surface area contributed by atoms with E-state index in [4.69, 9.17) is 0 Å². The van der Waals surface area contributed by atoms with Crippen molar-refractivity contribution in [3.63, 3.8) is 0 Å². The van der Waals surface area contributed by atoms with Crippen LogP contribution in [0.5, 0.6) is 0 Å². The van der Waals surface area contributed by atoms with E-state index in [1.54, 1.807) is 0 Å². The van der Waals surface area contributed by atoms with Crippen molar-refractivity contribution in [3.8, 4) is 0 Å². The summed E-state index contributed by atoms with van der Waals surface area (Å²) in [5, 5.41) is 3.03. The monoisotopic (exact) mass is 203 g/mol. The molecule has 0 saturated heterocycles. The lowest BCUT2D eigenvalue weighted by Gasteiger charge is -2.31. The van der Waals surface area contributed by atoms with Crippen LogP contribution in [0.1, 0.15) is 48.5 Å². The third-order valence-corrected chi connectivity index (χ3v) is 3.17. The summed E-state index contributed by atoms with van der Waals surface area (Å²) in [5.74, 6) is 0.550. The van der Waals surface area contributed by atoms with Crippen LogP contribution in [0, 0.1) is 0 Å². The number of hydrogen-bond acceptors (Lipinski definition) is 1. The molecule has 1 aliphatic rings. The summed E-state index contributed by atoms with van der Waals surface area (Å²) in [6, 6.07) is 8.21. The minimum Gasteiger partial charge on any atom is -0.349 e. The third kappa shape index (κ3) is 1.76. The highest BCUT2D eigenvalue weighted by Gasteiger charge is 2.29. The molecule has 1 amide bonds. The summed E-state index contributed by atoms with van der Waals surface area (Å²) in [5.41, 5.74) is 2.07. The molecular weight excluding hydrogens is 186 g/mol. The molecule has 0 aliphatic carbocycles. The van der Waals surface area contributed by atoms with E-state index in [-0.39, 0.29) is 11.9 Å². The lowest BCUT2D eigenvalue weighted by atomic mass is 9.82. The number of nitrogens with one attached hydrogen (secondary N) is 1. The van der Waals surface area contributed by atoms with Gasteiger partial charge in [-0.05, 0) is 25.0 Å². The molecule has 0 aromatic heterocycles. The Hall–Kier alpha value is -1.31. The molecule has 80 valence electrons. The van der Waals surface area contributed by atoms with Crippen LogP contribution >= 0.6 is 0 Å². The van der Waals surface area contributed by atoms with Crippen molar-refractivity contribution in [1.82, 2.24) is 5.32 Å². The third-order valence-electron chi connectivity index (χ3n) is 3.17. The van der Waals surface area contributed by atoms with E-state index in [0.29, 0.717) is 5.92 Å². The van der Waals surface area contributed by atoms with E-state index in [1.165, 1.54) is 5.56 Å². The zero-order valence-corrected chi connectivity index (χ0v) is 9.29. The Kier molecular flexibility index (Phi) is 2.76. The molecule has 0 spiro atoms. The van der Waals surface area contributed by atoms with Gasteiger partial charge in [0, 0.05) is 17.5 Å². The van der Waals surface area contributed by atoms with Crippen molar-refractivity contribution in [1.29, 1.82) is 0 Å². The molecule has 0 bridgehead atoms. The number of rotatable bonds is 2. The topological polar surface area (TPSA) is 29.1 Å². The molecule has 1 aliphatic heterocycles. The zero-order valence-electron chi connectivity index (χ0n) is 9.29. The summed E-state index contributed by atoms with van der Waals surface area (Å²) < 4.78 is 0. The van der Waals surface area contributed by atoms with Crippen molar-refractivity contribution in [2.45, 2.75) is 38.6 Å². The largest absolute Gasteiger partial charge is 0.349 e. The van der Waals surface area contributed by atoms with Crippen molar-refractivity contribution >= 4 is 5.91 Å². The van der Waals surface area contributed by atoms with Gasteiger partial charge in [-0.3, -0.25) is 4.79 Å². The smallest absolute Gasteiger partial charge is 0.251 e. The van der Waals surface area contributed by atoms with Crippen LogP contribution < -0.4 is 5.32 Å². The molecule has 2 rings (SSSR count). The van der Waals surface area contributed by atoms with Gasteiger partial charge < -0.3 is 5.32 Å². The molecular formula is C13H17NO. The maximum absolute atomic E-state index is 11.7. The second kappa shape index (κ2) is 4.05. The van der Waals surface area contributed by atoms with Crippen LogP contribution in [0.2, 0.25) is 0 Å². The number of carbonyl (C=O) groups excluding carboxylic acids is 1. The van der Waals surface area contributed by atoms with Gasteiger partial charge in [0.2, 0.25) is 0 Å².